The maximum atomic E-state index is 12.1. The van der Waals surface area contributed by atoms with Gasteiger partial charge in [-0.1, -0.05) is 18.2 Å². The number of benzene rings is 2. The van der Waals surface area contributed by atoms with E-state index in [0.717, 1.165) is 33.7 Å². The summed E-state index contributed by atoms with van der Waals surface area (Å²) in [5, 5.41) is 12.1. The molecule has 0 aliphatic carbocycles. The molecule has 0 saturated heterocycles. The monoisotopic (exact) mass is 327 g/mol. The van der Waals surface area contributed by atoms with Crippen molar-refractivity contribution < 1.29 is 14.6 Å². The minimum Gasteiger partial charge on any atom is -0.493 e. The second-order valence-electron chi connectivity index (χ2n) is 6.16. The SMILES string of the molecule is Cc1cc(C)c(C)c(OCCC(=O)Nc2cc(CO)ccc2C)c1. The molecule has 2 N–H and O–H groups in total. The Labute approximate surface area is 143 Å². The van der Waals surface area contributed by atoms with Crippen LogP contribution in [-0.2, 0) is 11.4 Å². The van der Waals surface area contributed by atoms with E-state index < -0.39 is 0 Å². The van der Waals surface area contributed by atoms with E-state index in [1.807, 2.05) is 39.0 Å². The molecule has 2 aromatic carbocycles. The fourth-order valence-corrected chi connectivity index (χ4v) is 2.52. The fourth-order valence-electron chi connectivity index (χ4n) is 2.52. The number of hydrogen-bond acceptors (Lipinski definition) is 3. The van der Waals surface area contributed by atoms with Gasteiger partial charge < -0.3 is 15.2 Å². The van der Waals surface area contributed by atoms with Gasteiger partial charge in [0.1, 0.15) is 5.75 Å². The van der Waals surface area contributed by atoms with Crippen molar-refractivity contribution in [3.05, 3.63) is 58.1 Å². The molecule has 24 heavy (non-hydrogen) atoms. The maximum absolute atomic E-state index is 12.1. The number of carbonyl (C=O) groups excluding carboxylic acids is 1. The fraction of sp³-hybridized carbons (Fsp3) is 0.350. The molecular weight excluding hydrogens is 302 g/mol. The Kier molecular flexibility index (Phi) is 5.99. The van der Waals surface area contributed by atoms with Crippen molar-refractivity contribution in [1.29, 1.82) is 0 Å². The summed E-state index contributed by atoms with van der Waals surface area (Å²) in [7, 11) is 0. The van der Waals surface area contributed by atoms with Crippen LogP contribution in [0.5, 0.6) is 5.75 Å². The van der Waals surface area contributed by atoms with Gasteiger partial charge in [0.2, 0.25) is 5.91 Å². The molecule has 0 bridgehead atoms. The first-order chi connectivity index (χ1) is 11.4. The van der Waals surface area contributed by atoms with E-state index in [9.17, 15) is 9.90 Å². The molecule has 0 aliphatic rings. The Morgan fingerprint density at radius 1 is 1.08 bits per heavy atom. The van der Waals surface area contributed by atoms with E-state index in [4.69, 9.17) is 4.74 Å². The molecule has 2 aromatic rings. The van der Waals surface area contributed by atoms with Crippen LogP contribution in [0.1, 0.15) is 34.2 Å². The van der Waals surface area contributed by atoms with Crippen LogP contribution in [-0.4, -0.2) is 17.6 Å². The second kappa shape index (κ2) is 7.97. The molecule has 0 fully saturated rings. The molecule has 0 aliphatic heterocycles. The zero-order valence-electron chi connectivity index (χ0n) is 14.8. The van der Waals surface area contributed by atoms with Crippen molar-refractivity contribution in [3.8, 4) is 5.75 Å². The number of aryl methyl sites for hydroxylation is 3. The standard InChI is InChI=1S/C20H25NO3/c1-13-9-15(3)16(4)19(10-13)24-8-7-20(23)21-18-11-17(12-22)6-5-14(18)2/h5-6,9-11,22H,7-8,12H2,1-4H3,(H,21,23). The summed E-state index contributed by atoms with van der Waals surface area (Å²) in [6.45, 7) is 8.31. The third kappa shape index (κ3) is 4.59. The Bertz CT molecular complexity index is 738. The highest BCUT2D eigenvalue weighted by atomic mass is 16.5. The number of anilines is 1. The van der Waals surface area contributed by atoms with Gasteiger partial charge in [-0.3, -0.25) is 4.79 Å². The van der Waals surface area contributed by atoms with E-state index >= 15 is 0 Å². The third-order valence-corrected chi connectivity index (χ3v) is 4.11. The van der Waals surface area contributed by atoms with Crippen LogP contribution in [0.25, 0.3) is 0 Å². The first-order valence-electron chi connectivity index (χ1n) is 8.11. The highest BCUT2D eigenvalue weighted by Crippen LogP contribution is 2.23. The number of ether oxygens (including phenoxy) is 1. The van der Waals surface area contributed by atoms with Gasteiger partial charge in [-0.2, -0.15) is 0 Å². The predicted octanol–water partition coefficient (Wildman–Crippen LogP) is 3.82. The number of nitrogens with one attached hydrogen (secondary N) is 1. The van der Waals surface area contributed by atoms with Gasteiger partial charge in [-0.25, -0.2) is 0 Å². The molecule has 0 unspecified atom stereocenters. The summed E-state index contributed by atoms with van der Waals surface area (Å²) in [4.78, 5) is 12.1. The van der Waals surface area contributed by atoms with Crippen LogP contribution in [0.15, 0.2) is 30.3 Å². The molecule has 128 valence electrons. The number of aliphatic hydroxyl groups is 1. The summed E-state index contributed by atoms with van der Waals surface area (Å²) in [6, 6.07) is 9.64. The summed E-state index contributed by atoms with van der Waals surface area (Å²) >= 11 is 0. The highest BCUT2D eigenvalue weighted by Gasteiger charge is 2.08. The van der Waals surface area contributed by atoms with Crippen LogP contribution in [0.2, 0.25) is 0 Å². The van der Waals surface area contributed by atoms with Crippen LogP contribution < -0.4 is 10.1 Å². The largest absolute Gasteiger partial charge is 0.493 e. The Balaban J connectivity index is 1.92. The van der Waals surface area contributed by atoms with Gasteiger partial charge in [0.15, 0.2) is 0 Å². The van der Waals surface area contributed by atoms with E-state index in [2.05, 4.69) is 18.3 Å². The average molecular weight is 327 g/mol. The smallest absolute Gasteiger partial charge is 0.227 e. The van der Waals surface area contributed by atoms with Gasteiger partial charge in [-0.05, 0) is 67.6 Å². The minimum absolute atomic E-state index is 0.0434. The van der Waals surface area contributed by atoms with Crippen molar-refractivity contribution in [2.75, 3.05) is 11.9 Å². The molecular formula is C20H25NO3. The first kappa shape index (κ1) is 18.0. The number of carbonyl (C=O) groups is 1. The van der Waals surface area contributed by atoms with Gasteiger partial charge in [0, 0.05) is 5.69 Å². The molecule has 4 heteroatoms. The molecule has 4 nitrogen and oxygen atoms in total. The normalized spacial score (nSPS) is 10.5. The van der Waals surface area contributed by atoms with Crippen LogP contribution in [0.3, 0.4) is 0 Å². The lowest BCUT2D eigenvalue weighted by atomic mass is 10.1. The Hall–Kier alpha value is -2.33. The zero-order valence-corrected chi connectivity index (χ0v) is 14.8. The molecule has 2 rings (SSSR count). The van der Waals surface area contributed by atoms with Gasteiger partial charge in [-0.15, -0.1) is 0 Å². The number of hydrogen-bond donors (Lipinski definition) is 2. The predicted molar refractivity (Wildman–Crippen MR) is 96.5 cm³/mol. The van der Waals surface area contributed by atoms with Crippen molar-refractivity contribution in [2.45, 2.75) is 40.7 Å². The summed E-state index contributed by atoms with van der Waals surface area (Å²) in [5.74, 6) is 0.731. The minimum atomic E-state index is -0.102. The zero-order chi connectivity index (χ0) is 17.7. The van der Waals surface area contributed by atoms with Crippen LogP contribution in [0.4, 0.5) is 5.69 Å². The lowest BCUT2D eigenvalue weighted by molar-refractivity contribution is -0.116. The topological polar surface area (TPSA) is 58.6 Å². The van der Waals surface area contributed by atoms with E-state index in [1.54, 1.807) is 6.07 Å². The second-order valence-corrected chi connectivity index (χ2v) is 6.16. The van der Waals surface area contributed by atoms with Crippen molar-refractivity contribution >= 4 is 11.6 Å². The molecule has 1 amide bonds. The quantitative estimate of drug-likeness (QED) is 0.848. The van der Waals surface area contributed by atoms with Gasteiger partial charge in [0.25, 0.3) is 0 Å². The molecule has 0 heterocycles. The average Bonchev–Trinajstić information content (AvgIpc) is 2.54. The van der Waals surface area contributed by atoms with E-state index in [0.29, 0.717) is 6.61 Å². The van der Waals surface area contributed by atoms with E-state index in [1.165, 1.54) is 5.56 Å². The number of aliphatic hydroxyl groups excluding tert-OH is 1. The lowest BCUT2D eigenvalue weighted by Crippen LogP contribution is -2.16. The van der Waals surface area contributed by atoms with Gasteiger partial charge in [0.05, 0.1) is 19.6 Å². The Morgan fingerprint density at radius 3 is 2.54 bits per heavy atom. The summed E-state index contributed by atoms with van der Waals surface area (Å²) in [6.07, 6.45) is 0.273. The van der Waals surface area contributed by atoms with Gasteiger partial charge >= 0.3 is 0 Å². The van der Waals surface area contributed by atoms with Crippen LogP contribution >= 0.6 is 0 Å². The lowest BCUT2D eigenvalue weighted by Gasteiger charge is -2.13. The van der Waals surface area contributed by atoms with Crippen molar-refractivity contribution in [3.63, 3.8) is 0 Å². The van der Waals surface area contributed by atoms with Crippen molar-refractivity contribution in [2.24, 2.45) is 0 Å². The summed E-state index contributed by atoms with van der Waals surface area (Å²) in [5.41, 5.74) is 5.91. The summed E-state index contributed by atoms with van der Waals surface area (Å²) < 4.78 is 5.78. The molecule has 0 radical (unpaired) electrons. The van der Waals surface area contributed by atoms with Crippen LogP contribution in [0, 0.1) is 27.7 Å². The van der Waals surface area contributed by atoms with Crippen molar-refractivity contribution in [1.82, 2.24) is 0 Å². The molecule has 0 aromatic heterocycles. The molecule has 0 spiro atoms. The molecule has 0 saturated carbocycles. The third-order valence-electron chi connectivity index (χ3n) is 4.11. The first-order valence-corrected chi connectivity index (χ1v) is 8.11. The maximum Gasteiger partial charge on any atom is 0.227 e. The van der Waals surface area contributed by atoms with E-state index in [-0.39, 0.29) is 18.9 Å². The number of rotatable bonds is 6. The Morgan fingerprint density at radius 2 is 1.83 bits per heavy atom. The molecule has 0 atom stereocenters. The number of amides is 1. The highest BCUT2D eigenvalue weighted by molar-refractivity contribution is 5.91.